The SMILES string of the molecule is CCCCCCCCCC=O.OCCOCCOCCOCCO. The number of rotatable bonds is 18. The predicted octanol–water partition coefficient (Wildman–Crippen LogP) is 2.35. The van der Waals surface area contributed by atoms with Crippen molar-refractivity contribution in [1.29, 1.82) is 0 Å². The van der Waals surface area contributed by atoms with E-state index in [1.165, 1.54) is 38.5 Å². The van der Waals surface area contributed by atoms with E-state index < -0.39 is 0 Å². The lowest BCUT2D eigenvalue weighted by Crippen LogP contribution is -2.11. The highest BCUT2D eigenvalue weighted by molar-refractivity contribution is 5.48. The zero-order valence-corrected chi connectivity index (χ0v) is 15.4. The molecule has 0 rings (SSSR count). The minimum atomic E-state index is 0.0413. The maximum absolute atomic E-state index is 9.94. The molecule has 0 unspecified atom stereocenters. The molecule has 6 heteroatoms. The summed E-state index contributed by atoms with van der Waals surface area (Å²) in [6.45, 7) is 4.99. The molecule has 0 bridgehead atoms. The first kappa shape index (κ1) is 25.7. The molecule has 0 aromatic carbocycles. The van der Waals surface area contributed by atoms with E-state index in [-0.39, 0.29) is 13.2 Å². The lowest BCUT2D eigenvalue weighted by molar-refractivity contribution is -0.107. The van der Waals surface area contributed by atoms with Crippen LogP contribution < -0.4 is 0 Å². The van der Waals surface area contributed by atoms with E-state index in [2.05, 4.69) is 6.92 Å². The van der Waals surface area contributed by atoms with Crippen LogP contribution in [0.2, 0.25) is 0 Å². The fourth-order valence-electron chi connectivity index (χ4n) is 1.86. The zero-order valence-electron chi connectivity index (χ0n) is 15.4. The molecular weight excluding hydrogens is 312 g/mol. The largest absolute Gasteiger partial charge is 0.394 e. The lowest BCUT2D eigenvalue weighted by atomic mass is 10.1. The van der Waals surface area contributed by atoms with Crippen LogP contribution in [0, 0.1) is 0 Å². The van der Waals surface area contributed by atoms with Gasteiger partial charge in [0.05, 0.1) is 52.9 Å². The molecule has 0 fully saturated rings. The third kappa shape index (κ3) is 29.5. The number of aliphatic hydroxyl groups is 2. The van der Waals surface area contributed by atoms with Gasteiger partial charge in [0.25, 0.3) is 0 Å². The van der Waals surface area contributed by atoms with Crippen molar-refractivity contribution in [3.8, 4) is 0 Å². The monoisotopic (exact) mass is 350 g/mol. The molecule has 0 aliphatic carbocycles. The number of aliphatic hydroxyl groups excluding tert-OH is 2. The summed E-state index contributed by atoms with van der Waals surface area (Å²) in [5.41, 5.74) is 0. The van der Waals surface area contributed by atoms with E-state index in [1.807, 2.05) is 0 Å². The smallest absolute Gasteiger partial charge is 0.119 e. The highest BCUT2D eigenvalue weighted by Crippen LogP contribution is 2.07. The number of aldehydes is 1. The Balaban J connectivity index is 0. The van der Waals surface area contributed by atoms with Gasteiger partial charge in [-0.1, -0.05) is 45.4 Å². The van der Waals surface area contributed by atoms with Crippen molar-refractivity contribution in [2.45, 2.75) is 58.3 Å². The first-order valence-corrected chi connectivity index (χ1v) is 9.22. The van der Waals surface area contributed by atoms with E-state index in [0.29, 0.717) is 39.6 Å². The van der Waals surface area contributed by atoms with E-state index in [4.69, 9.17) is 24.4 Å². The summed E-state index contributed by atoms with van der Waals surface area (Å²) in [6, 6.07) is 0. The predicted molar refractivity (Wildman–Crippen MR) is 95.3 cm³/mol. The molecule has 0 aromatic rings. The number of carbonyl (C=O) groups is 1. The van der Waals surface area contributed by atoms with Gasteiger partial charge in [-0.05, 0) is 6.42 Å². The molecule has 0 amide bonds. The minimum Gasteiger partial charge on any atom is -0.394 e. The van der Waals surface area contributed by atoms with Crippen LogP contribution in [0.1, 0.15) is 58.3 Å². The van der Waals surface area contributed by atoms with Crippen LogP contribution in [-0.4, -0.2) is 69.4 Å². The molecule has 0 aromatic heterocycles. The van der Waals surface area contributed by atoms with E-state index in [1.54, 1.807) is 0 Å². The van der Waals surface area contributed by atoms with Crippen LogP contribution in [0.25, 0.3) is 0 Å². The molecular formula is C18H38O6. The number of carbonyl (C=O) groups excluding carboxylic acids is 1. The molecule has 2 N–H and O–H groups in total. The second-order valence-electron chi connectivity index (χ2n) is 5.36. The van der Waals surface area contributed by atoms with Gasteiger partial charge in [0.2, 0.25) is 0 Å². The Morgan fingerprint density at radius 3 is 1.50 bits per heavy atom. The number of unbranched alkanes of at least 4 members (excludes halogenated alkanes) is 7. The van der Waals surface area contributed by atoms with Crippen molar-refractivity contribution < 1.29 is 29.2 Å². The van der Waals surface area contributed by atoms with Crippen molar-refractivity contribution in [3.05, 3.63) is 0 Å². The van der Waals surface area contributed by atoms with Crippen LogP contribution in [0.15, 0.2) is 0 Å². The first-order chi connectivity index (χ1) is 11.8. The van der Waals surface area contributed by atoms with Gasteiger partial charge in [-0.3, -0.25) is 0 Å². The molecule has 24 heavy (non-hydrogen) atoms. The van der Waals surface area contributed by atoms with E-state index in [9.17, 15) is 4.79 Å². The standard InChI is InChI=1S/C10H20O.C8H18O5/c1-2-3-4-5-6-7-8-9-10-11;9-1-3-11-5-7-13-8-6-12-4-2-10/h10H,2-9H2,1H3;9-10H,1-8H2. The molecule has 0 spiro atoms. The van der Waals surface area contributed by atoms with Crippen LogP contribution in [0.5, 0.6) is 0 Å². The normalized spacial score (nSPS) is 10.3. The summed E-state index contributed by atoms with van der Waals surface area (Å²) in [5, 5.41) is 16.7. The van der Waals surface area contributed by atoms with E-state index in [0.717, 1.165) is 19.1 Å². The molecule has 0 radical (unpaired) electrons. The summed E-state index contributed by atoms with van der Waals surface area (Å²) in [5.74, 6) is 0. The zero-order chi connectivity index (χ0) is 18.1. The summed E-state index contributed by atoms with van der Waals surface area (Å²) in [6.07, 6.45) is 10.8. The fraction of sp³-hybridized carbons (Fsp3) is 0.944. The Labute approximate surface area is 147 Å². The second-order valence-corrected chi connectivity index (χ2v) is 5.36. The lowest BCUT2D eigenvalue weighted by Gasteiger charge is -2.04. The fourth-order valence-corrected chi connectivity index (χ4v) is 1.86. The average molecular weight is 350 g/mol. The highest BCUT2D eigenvalue weighted by atomic mass is 16.5. The van der Waals surface area contributed by atoms with Gasteiger partial charge >= 0.3 is 0 Å². The molecule has 6 nitrogen and oxygen atoms in total. The van der Waals surface area contributed by atoms with Crippen LogP contribution in [0.3, 0.4) is 0 Å². The van der Waals surface area contributed by atoms with Gasteiger partial charge in [0, 0.05) is 6.42 Å². The van der Waals surface area contributed by atoms with Crippen LogP contribution in [0.4, 0.5) is 0 Å². The third-order valence-electron chi connectivity index (χ3n) is 3.14. The maximum Gasteiger partial charge on any atom is 0.119 e. The average Bonchev–Trinajstić information content (AvgIpc) is 2.60. The summed E-state index contributed by atoms with van der Waals surface area (Å²) in [4.78, 5) is 9.94. The van der Waals surface area contributed by atoms with Crippen molar-refractivity contribution >= 4 is 6.29 Å². The molecule has 0 aliphatic heterocycles. The number of ether oxygens (including phenoxy) is 3. The van der Waals surface area contributed by atoms with Crippen molar-refractivity contribution in [3.63, 3.8) is 0 Å². The first-order valence-electron chi connectivity index (χ1n) is 9.22. The number of hydrogen-bond donors (Lipinski definition) is 2. The Hall–Kier alpha value is -0.530. The molecule has 0 aliphatic rings. The van der Waals surface area contributed by atoms with Crippen molar-refractivity contribution in [2.24, 2.45) is 0 Å². The van der Waals surface area contributed by atoms with Gasteiger partial charge in [-0.15, -0.1) is 0 Å². The molecule has 0 saturated carbocycles. The van der Waals surface area contributed by atoms with E-state index >= 15 is 0 Å². The van der Waals surface area contributed by atoms with Gasteiger partial charge in [-0.2, -0.15) is 0 Å². The molecule has 0 atom stereocenters. The Kier molecular flexibility index (Phi) is 29.3. The topological polar surface area (TPSA) is 85.2 Å². The van der Waals surface area contributed by atoms with Gasteiger partial charge in [0.1, 0.15) is 6.29 Å². The summed E-state index contributed by atoms with van der Waals surface area (Å²) >= 11 is 0. The second kappa shape index (κ2) is 27.3. The Bertz CT molecular complexity index is 204. The molecule has 146 valence electrons. The van der Waals surface area contributed by atoms with Crippen molar-refractivity contribution in [2.75, 3.05) is 52.9 Å². The Morgan fingerprint density at radius 2 is 1.08 bits per heavy atom. The quantitative estimate of drug-likeness (QED) is 0.291. The number of hydrogen-bond acceptors (Lipinski definition) is 6. The highest BCUT2D eigenvalue weighted by Gasteiger charge is 1.90. The summed E-state index contributed by atoms with van der Waals surface area (Å²) in [7, 11) is 0. The van der Waals surface area contributed by atoms with Gasteiger partial charge in [-0.25, -0.2) is 0 Å². The van der Waals surface area contributed by atoms with Crippen molar-refractivity contribution in [1.82, 2.24) is 0 Å². The minimum absolute atomic E-state index is 0.0413. The molecule has 0 heterocycles. The molecule has 0 saturated heterocycles. The maximum atomic E-state index is 9.94. The van der Waals surface area contributed by atoms with Crippen LogP contribution >= 0.6 is 0 Å². The third-order valence-corrected chi connectivity index (χ3v) is 3.14. The van der Waals surface area contributed by atoms with Gasteiger partial charge in [0.15, 0.2) is 0 Å². The summed E-state index contributed by atoms with van der Waals surface area (Å²) < 4.78 is 15.0. The Morgan fingerprint density at radius 1 is 0.667 bits per heavy atom. The van der Waals surface area contributed by atoms with Gasteiger partial charge < -0.3 is 29.2 Å². The van der Waals surface area contributed by atoms with Crippen LogP contribution in [-0.2, 0) is 19.0 Å².